The van der Waals surface area contributed by atoms with Gasteiger partial charge < -0.3 is 0 Å². The summed E-state index contributed by atoms with van der Waals surface area (Å²) < 4.78 is 134. The fourth-order valence-electron chi connectivity index (χ4n) is 3.77. The van der Waals surface area contributed by atoms with E-state index in [4.69, 9.17) is 11.6 Å². The van der Waals surface area contributed by atoms with Crippen molar-refractivity contribution in [2.75, 3.05) is 0 Å². The first-order valence-corrected chi connectivity index (χ1v) is 12.6. The van der Waals surface area contributed by atoms with E-state index in [0.717, 1.165) is 18.2 Å². The molecule has 40 heavy (non-hydrogen) atoms. The molecule has 0 bridgehead atoms. The lowest BCUT2D eigenvalue weighted by molar-refractivity contribution is -0.143. The molecule has 0 heterocycles. The van der Waals surface area contributed by atoms with Crippen LogP contribution in [0.5, 0.6) is 0 Å². The molecule has 2 rings (SSSR count). The summed E-state index contributed by atoms with van der Waals surface area (Å²) in [6, 6.07) is 4.60. The second-order valence-corrected chi connectivity index (χ2v) is 10.3. The molecule has 1 unspecified atom stereocenters. The molecule has 0 aliphatic heterocycles. The zero-order valence-corrected chi connectivity index (χ0v) is 22.7. The highest BCUT2D eigenvalue weighted by Crippen LogP contribution is 2.41. The van der Waals surface area contributed by atoms with Gasteiger partial charge in [-0.15, -0.1) is 0 Å². The molecule has 2 atom stereocenters. The summed E-state index contributed by atoms with van der Waals surface area (Å²) in [7, 11) is 0. The highest BCUT2D eigenvalue weighted by atomic mass is 79.9. The number of carbonyl (C=O) groups is 2. The molecule has 0 fully saturated rings. The van der Waals surface area contributed by atoms with Gasteiger partial charge in [0, 0.05) is 34.9 Å². The van der Waals surface area contributed by atoms with Gasteiger partial charge >= 0.3 is 18.5 Å². The molecule has 0 spiro atoms. The molecule has 2 nitrogen and oxygen atoms in total. The van der Waals surface area contributed by atoms with Crippen LogP contribution in [0, 0.1) is 5.92 Å². The lowest BCUT2D eigenvalue weighted by Crippen LogP contribution is -2.19. The average molecular weight is 670 g/mol. The summed E-state index contributed by atoms with van der Waals surface area (Å²) in [5, 5.41) is 0.0733. The fourth-order valence-corrected chi connectivity index (χ4v) is 4.28. The average Bonchev–Trinajstić information content (AvgIpc) is 2.80. The molecule has 0 saturated heterocycles. The molecule has 0 radical (unpaired) electrons. The normalized spacial score (nSPS) is 14.7. The zero-order chi connectivity index (χ0) is 30.6. The van der Waals surface area contributed by atoms with Crippen molar-refractivity contribution in [2.45, 2.75) is 57.1 Å². The lowest BCUT2D eigenvalue weighted by Gasteiger charge is -2.19. The summed E-state index contributed by atoms with van der Waals surface area (Å²) in [6.07, 6.45) is -18.1. The van der Waals surface area contributed by atoms with Crippen LogP contribution < -0.4 is 0 Å². The molecule has 0 amide bonds. The van der Waals surface area contributed by atoms with Crippen molar-refractivity contribution < 1.29 is 53.5 Å². The van der Waals surface area contributed by atoms with Crippen LogP contribution in [0.3, 0.4) is 0 Å². The second-order valence-electron chi connectivity index (χ2n) is 9.06. The molecule has 2 aromatic carbocycles. The molecule has 14 heteroatoms. The van der Waals surface area contributed by atoms with Gasteiger partial charge in [0.2, 0.25) is 0 Å². The van der Waals surface area contributed by atoms with E-state index in [1.54, 1.807) is 0 Å². The van der Waals surface area contributed by atoms with Crippen molar-refractivity contribution in [3.05, 3.63) is 74.2 Å². The number of ketones is 2. The van der Waals surface area contributed by atoms with E-state index >= 15 is 0 Å². The number of Topliss-reactive ketones (excluding diaryl/α,β-unsaturated/α-hetero) is 2. The third kappa shape index (κ3) is 9.90. The van der Waals surface area contributed by atoms with Crippen LogP contribution in [-0.2, 0) is 11.0 Å². The Balaban J connectivity index is 2.36. The second kappa shape index (κ2) is 13.1. The van der Waals surface area contributed by atoms with Gasteiger partial charge in [-0.2, -0.15) is 39.5 Å². The Morgan fingerprint density at radius 1 is 0.950 bits per heavy atom. The van der Waals surface area contributed by atoms with Crippen LogP contribution in [-0.4, -0.2) is 23.9 Å². The molecule has 0 aromatic heterocycles. The number of allylic oxidation sites excluding steroid dienone is 1. The Labute approximate surface area is 235 Å². The highest BCUT2D eigenvalue weighted by Gasteiger charge is 2.41. The molecule has 220 valence electrons. The third-order valence-electron chi connectivity index (χ3n) is 5.67. The topological polar surface area (TPSA) is 34.1 Å². The summed E-state index contributed by atoms with van der Waals surface area (Å²) in [6.45, 7) is 1.29. The van der Waals surface area contributed by atoms with Crippen molar-refractivity contribution in [3.8, 4) is 0 Å². The highest BCUT2D eigenvalue weighted by molar-refractivity contribution is 9.10. The molecule has 0 aliphatic carbocycles. The van der Waals surface area contributed by atoms with Crippen LogP contribution in [0.15, 0.2) is 46.9 Å². The third-order valence-corrected chi connectivity index (χ3v) is 6.88. The summed E-state index contributed by atoms with van der Waals surface area (Å²) in [5.74, 6) is -7.05. The quantitative estimate of drug-likeness (QED) is 0.186. The van der Waals surface area contributed by atoms with Crippen LogP contribution >= 0.6 is 27.5 Å². The van der Waals surface area contributed by atoms with Crippen LogP contribution in [0.4, 0.5) is 43.9 Å². The Bertz CT molecular complexity index is 1270. The number of hydrogen-bond acceptors (Lipinski definition) is 2. The number of carbonyl (C=O) groups excluding carboxylic acids is 2. The fraction of sp³-hybridized carbons (Fsp3) is 0.385. The molecule has 0 saturated carbocycles. The van der Waals surface area contributed by atoms with E-state index in [1.807, 2.05) is 0 Å². The van der Waals surface area contributed by atoms with Crippen molar-refractivity contribution in [2.24, 2.45) is 5.92 Å². The van der Waals surface area contributed by atoms with E-state index in [0.29, 0.717) is 12.1 Å². The van der Waals surface area contributed by atoms with Gasteiger partial charge in [-0.25, -0.2) is 4.39 Å². The van der Waals surface area contributed by atoms with Crippen LogP contribution in [0.25, 0.3) is 5.83 Å². The summed E-state index contributed by atoms with van der Waals surface area (Å²) >= 11 is 8.73. The van der Waals surface area contributed by atoms with Crippen LogP contribution in [0.2, 0.25) is 5.02 Å². The van der Waals surface area contributed by atoms with Crippen molar-refractivity contribution in [1.82, 2.24) is 0 Å². The predicted molar refractivity (Wildman–Crippen MR) is 132 cm³/mol. The Hall–Kier alpha value is -2.41. The molecular formula is C26H20BrClF10O2. The van der Waals surface area contributed by atoms with Gasteiger partial charge in [-0.05, 0) is 51.7 Å². The monoisotopic (exact) mass is 668 g/mol. The minimum atomic E-state index is -5.21. The largest absolute Gasteiger partial charge is 0.417 e. The van der Waals surface area contributed by atoms with Gasteiger partial charge in [0.1, 0.15) is 17.5 Å². The van der Waals surface area contributed by atoms with Gasteiger partial charge in [0.15, 0.2) is 5.78 Å². The molecule has 2 aromatic rings. The molecular weight excluding hydrogens is 650 g/mol. The first-order valence-electron chi connectivity index (χ1n) is 11.4. The van der Waals surface area contributed by atoms with E-state index in [1.165, 1.54) is 6.92 Å². The van der Waals surface area contributed by atoms with Gasteiger partial charge in [0.05, 0.1) is 17.0 Å². The van der Waals surface area contributed by atoms with Crippen molar-refractivity contribution in [1.29, 1.82) is 0 Å². The summed E-state index contributed by atoms with van der Waals surface area (Å²) in [4.78, 5) is 24.3. The first kappa shape index (κ1) is 33.8. The Morgan fingerprint density at radius 3 is 2.10 bits per heavy atom. The number of hydrogen-bond donors (Lipinski definition) is 0. The SMILES string of the molecule is C[C@H](CC(=O)CCC(F)(F)F)CC(=O)c1ccc(/C(F)=C/C(c2ccc(Cl)c(Br)c2)C(F)(F)F)cc1C(F)(F)F. The van der Waals surface area contributed by atoms with E-state index in [-0.39, 0.29) is 21.6 Å². The maximum absolute atomic E-state index is 14.9. The maximum Gasteiger partial charge on any atom is 0.417 e. The minimum Gasteiger partial charge on any atom is -0.300 e. The number of benzene rings is 2. The number of halogens is 12. The predicted octanol–water partition coefficient (Wildman–Crippen LogP) is 10.3. The molecule has 0 aliphatic rings. The standard InChI is InChI=1S/C26H20BrClF10O2/c1-13(8-16(39)6-7-24(30,31)32)9-23(40)17-4-2-15(10-19(17)26(36,37)38)22(29)12-18(25(33,34)35)14-3-5-21(28)20(27)11-14/h2-5,10-13,18H,6-9H2,1H3/b22-12-/t13-,18?/m1/s1. The minimum absolute atomic E-state index is 0.0733. The van der Waals surface area contributed by atoms with Gasteiger partial charge in [-0.1, -0.05) is 36.7 Å². The number of alkyl halides is 9. The van der Waals surface area contributed by atoms with Crippen molar-refractivity contribution >= 4 is 44.9 Å². The zero-order valence-electron chi connectivity index (χ0n) is 20.4. The lowest BCUT2D eigenvalue weighted by atomic mass is 9.91. The Morgan fingerprint density at radius 2 is 1.57 bits per heavy atom. The smallest absolute Gasteiger partial charge is 0.300 e. The maximum atomic E-state index is 14.9. The molecule has 0 N–H and O–H groups in total. The first-order chi connectivity index (χ1) is 18.2. The van der Waals surface area contributed by atoms with Crippen molar-refractivity contribution in [3.63, 3.8) is 0 Å². The van der Waals surface area contributed by atoms with E-state index in [9.17, 15) is 53.5 Å². The van der Waals surface area contributed by atoms with Crippen LogP contribution in [0.1, 0.15) is 65.6 Å². The van der Waals surface area contributed by atoms with Gasteiger partial charge in [-0.3, -0.25) is 9.59 Å². The number of rotatable bonds is 10. The van der Waals surface area contributed by atoms with E-state index < -0.39 is 95.7 Å². The van der Waals surface area contributed by atoms with Gasteiger partial charge in [0.25, 0.3) is 0 Å². The van der Waals surface area contributed by atoms with E-state index in [2.05, 4.69) is 15.9 Å². The summed E-state index contributed by atoms with van der Waals surface area (Å²) in [5.41, 5.74) is -3.86. The Kier molecular flexibility index (Phi) is 11.0.